The smallest absolute Gasteiger partial charge is 0.292 e. The highest BCUT2D eigenvalue weighted by Gasteiger charge is 2.27. The van der Waals surface area contributed by atoms with Crippen molar-refractivity contribution in [1.82, 2.24) is 14.3 Å². The Balaban J connectivity index is 1.71. The molecule has 1 aliphatic rings. The maximum Gasteiger partial charge on any atom is 0.292 e. The summed E-state index contributed by atoms with van der Waals surface area (Å²) in [5, 5.41) is 2.97. The number of pyridine rings is 1. The Morgan fingerprint density at radius 1 is 1.04 bits per heavy atom. The SMILES string of the molecule is CC(C)c1ccccc1NC(=O)c1nc(C(=O)N2CCCC2)c2ccccn12. The average molecular weight is 376 g/mol. The molecule has 3 aromatic rings. The predicted octanol–water partition coefficient (Wildman–Crippen LogP) is 3.95. The van der Waals surface area contributed by atoms with Gasteiger partial charge in [0.1, 0.15) is 0 Å². The first-order valence-electron chi connectivity index (χ1n) is 9.73. The lowest BCUT2D eigenvalue weighted by atomic mass is 10.0. The summed E-state index contributed by atoms with van der Waals surface area (Å²) < 4.78 is 1.69. The molecule has 144 valence electrons. The fraction of sp³-hybridized carbons (Fsp3) is 0.318. The number of carbonyl (C=O) groups is 2. The number of fused-ring (bicyclic) bond motifs is 1. The van der Waals surface area contributed by atoms with Gasteiger partial charge in [0.2, 0.25) is 5.82 Å². The van der Waals surface area contributed by atoms with E-state index in [9.17, 15) is 9.59 Å². The molecule has 1 saturated heterocycles. The number of amides is 2. The highest BCUT2D eigenvalue weighted by molar-refractivity contribution is 6.06. The number of hydrogen-bond donors (Lipinski definition) is 1. The number of carbonyl (C=O) groups excluding carboxylic acids is 2. The van der Waals surface area contributed by atoms with Gasteiger partial charge >= 0.3 is 0 Å². The van der Waals surface area contributed by atoms with Crippen LogP contribution in [0.25, 0.3) is 5.52 Å². The molecular weight excluding hydrogens is 352 g/mol. The van der Waals surface area contributed by atoms with E-state index < -0.39 is 0 Å². The van der Waals surface area contributed by atoms with Crippen molar-refractivity contribution in [3.05, 3.63) is 65.7 Å². The van der Waals surface area contributed by atoms with Gasteiger partial charge in [-0.05, 0) is 42.5 Å². The molecule has 0 bridgehead atoms. The van der Waals surface area contributed by atoms with Crippen molar-refractivity contribution < 1.29 is 9.59 Å². The van der Waals surface area contributed by atoms with E-state index in [1.54, 1.807) is 10.6 Å². The summed E-state index contributed by atoms with van der Waals surface area (Å²) in [7, 11) is 0. The molecule has 0 radical (unpaired) electrons. The number of nitrogens with one attached hydrogen (secondary N) is 1. The van der Waals surface area contributed by atoms with Crippen LogP contribution in [0.4, 0.5) is 5.69 Å². The quantitative estimate of drug-likeness (QED) is 0.750. The summed E-state index contributed by atoms with van der Waals surface area (Å²) in [6.45, 7) is 5.66. The highest BCUT2D eigenvalue weighted by Crippen LogP contribution is 2.25. The monoisotopic (exact) mass is 376 g/mol. The lowest BCUT2D eigenvalue weighted by Gasteiger charge is -2.13. The van der Waals surface area contributed by atoms with E-state index in [-0.39, 0.29) is 23.6 Å². The number of nitrogens with zero attached hydrogens (tertiary/aromatic N) is 3. The van der Waals surface area contributed by atoms with E-state index in [1.807, 2.05) is 47.4 Å². The minimum Gasteiger partial charge on any atom is -0.337 e. The van der Waals surface area contributed by atoms with Crippen LogP contribution in [0.1, 0.15) is 59.3 Å². The molecule has 0 saturated carbocycles. The van der Waals surface area contributed by atoms with Crippen LogP contribution in [-0.4, -0.2) is 39.2 Å². The van der Waals surface area contributed by atoms with Crippen LogP contribution in [0.2, 0.25) is 0 Å². The van der Waals surface area contributed by atoms with E-state index in [1.165, 1.54) is 0 Å². The first kappa shape index (κ1) is 18.2. The molecule has 0 unspecified atom stereocenters. The molecule has 6 heteroatoms. The number of para-hydroxylation sites is 1. The van der Waals surface area contributed by atoms with Gasteiger partial charge < -0.3 is 10.2 Å². The van der Waals surface area contributed by atoms with Gasteiger partial charge in [0.05, 0.1) is 5.52 Å². The first-order chi connectivity index (χ1) is 13.6. The van der Waals surface area contributed by atoms with Crippen molar-refractivity contribution in [3.63, 3.8) is 0 Å². The van der Waals surface area contributed by atoms with Gasteiger partial charge in [0.15, 0.2) is 5.69 Å². The molecule has 3 heterocycles. The van der Waals surface area contributed by atoms with E-state index in [4.69, 9.17) is 0 Å². The molecule has 1 aliphatic heterocycles. The summed E-state index contributed by atoms with van der Waals surface area (Å²) in [6.07, 6.45) is 3.79. The Bertz CT molecular complexity index is 1030. The van der Waals surface area contributed by atoms with Gasteiger partial charge in [-0.3, -0.25) is 14.0 Å². The second-order valence-corrected chi connectivity index (χ2v) is 7.44. The largest absolute Gasteiger partial charge is 0.337 e. The number of anilines is 1. The zero-order chi connectivity index (χ0) is 19.7. The number of benzene rings is 1. The van der Waals surface area contributed by atoms with Crippen LogP contribution in [-0.2, 0) is 0 Å². The normalized spacial score (nSPS) is 14.0. The third-order valence-electron chi connectivity index (χ3n) is 5.18. The van der Waals surface area contributed by atoms with Crippen LogP contribution < -0.4 is 5.32 Å². The van der Waals surface area contributed by atoms with E-state index in [2.05, 4.69) is 24.1 Å². The molecule has 0 spiro atoms. The van der Waals surface area contributed by atoms with Crippen molar-refractivity contribution in [1.29, 1.82) is 0 Å². The maximum absolute atomic E-state index is 13.0. The number of hydrogen-bond acceptors (Lipinski definition) is 3. The van der Waals surface area contributed by atoms with Crippen molar-refractivity contribution in [2.24, 2.45) is 0 Å². The molecule has 0 atom stereocenters. The highest BCUT2D eigenvalue weighted by atomic mass is 16.2. The summed E-state index contributed by atoms with van der Waals surface area (Å²) in [5.41, 5.74) is 2.82. The minimum absolute atomic E-state index is 0.108. The second-order valence-electron chi connectivity index (χ2n) is 7.44. The number of rotatable bonds is 4. The van der Waals surface area contributed by atoms with Gasteiger partial charge in [-0.15, -0.1) is 0 Å². The number of likely N-dealkylation sites (tertiary alicyclic amines) is 1. The van der Waals surface area contributed by atoms with Crippen LogP contribution in [0.5, 0.6) is 0 Å². The van der Waals surface area contributed by atoms with Crippen molar-refractivity contribution >= 4 is 23.0 Å². The molecule has 0 aliphatic carbocycles. The molecule has 2 amide bonds. The standard InChI is InChI=1S/C22H24N4O2/c1-15(2)16-9-3-4-10-17(16)23-21(27)20-24-19(18-11-5-6-14-26(18)20)22(28)25-12-7-8-13-25/h3-6,9-11,14-15H,7-8,12-13H2,1-2H3,(H,23,27). The topological polar surface area (TPSA) is 66.7 Å². The Hall–Kier alpha value is -3.15. The van der Waals surface area contributed by atoms with Crippen LogP contribution in [0.15, 0.2) is 48.7 Å². The zero-order valence-electron chi connectivity index (χ0n) is 16.2. The summed E-state index contributed by atoms with van der Waals surface area (Å²) >= 11 is 0. The van der Waals surface area contributed by atoms with Gasteiger partial charge in [0.25, 0.3) is 11.8 Å². The predicted molar refractivity (Wildman–Crippen MR) is 109 cm³/mol. The lowest BCUT2D eigenvalue weighted by molar-refractivity contribution is 0.0789. The van der Waals surface area contributed by atoms with Gasteiger partial charge in [0, 0.05) is 25.0 Å². The van der Waals surface area contributed by atoms with Crippen molar-refractivity contribution in [2.45, 2.75) is 32.6 Å². The van der Waals surface area contributed by atoms with Crippen LogP contribution in [0, 0.1) is 0 Å². The molecule has 4 rings (SSSR count). The third-order valence-corrected chi connectivity index (χ3v) is 5.18. The van der Waals surface area contributed by atoms with E-state index in [0.717, 1.165) is 37.2 Å². The Kier molecular flexibility index (Phi) is 4.86. The minimum atomic E-state index is -0.324. The Labute approximate surface area is 164 Å². The van der Waals surface area contributed by atoms with E-state index >= 15 is 0 Å². The maximum atomic E-state index is 13.0. The van der Waals surface area contributed by atoms with Gasteiger partial charge in [-0.2, -0.15) is 0 Å². The van der Waals surface area contributed by atoms with Crippen molar-refractivity contribution in [3.8, 4) is 0 Å². The lowest BCUT2D eigenvalue weighted by Crippen LogP contribution is -2.28. The Morgan fingerprint density at radius 3 is 2.50 bits per heavy atom. The number of aromatic nitrogens is 2. The Morgan fingerprint density at radius 2 is 1.75 bits per heavy atom. The summed E-state index contributed by atoms with van der Waals surface area (Å²) in [5.74, 6) is 0.0649. The van der Waals surface area contributed by atoms with Gasteiger partial charge in [-0.1, -0.05) is 38.1 Å². The molecule has 1 fully saturated rings. The molecule has 2 aromatic heterocycles. The third kappa shape index (κ3) is 3.26. The fourth-order valence-corrected chi connectivity index (χ4v) is 3.72. The molecule has 28 heavy (non-hydrogen) atoms. The molecule has 1 N–H and O–H groups in total. The summed E-state index contributed by atoms with van der Waals surface area (Å²) in [4.78, 5) is 32.2. The van der Waals surface area contributed by atoms with Crippen LogP contribution >= 0.6 is 0 Å². The molecular formula is C22H24N4O2. The van der Waals surface area contributed by atoms with Crippen molar-refractivity contribution in [2.75, 3.05) is 18.4 Å². The average Bonchev–Trinajstić information content (AvgIpc) is 3.36. The fourth-order valence-electron chi connectivity index (χ4n) is 3.72. The molecule has 6 nitrogen and oxygen atoms in total. The first-order valence-corrected chi connectivity index (χ1v) is 9.73. The molecule has 1 aromatic carbocycles. The summed E-state index contributed by atoms with van der Waals surface area (Å²) in [6, 6.07) is 13.3. The number of imidazole rings is 1. The van der Waals surface area contributed by atoms with Gasteiger partial charge in [-0.25, -0.2) is 4.98 Å². The second kappa shape index (κ2) is 7.46. The van der Waals surface area contributed by atoms with Crippen LogP contribution in [0.3, 0.4) is 0 Å². The van der Waals surface area contributed by atoms with E-state index in [0.29, 0.717) is 11.2 Å². The zero-order valence-corrected chi connectivity index (χ0v) is 16.2.